The highest BCUT2D eigenvalue weighted by molar-refractivity contribution is 14.0. The lowest BCUT2D eigenvalue weighted by molar-refractivity contribution is -0.176. The zero-order valence-corrected chi connectivity index (χ0v) is 16.6. The average molecular weight is 471 g/mol. The zero-order valence-electron chi connectivity index (χ0n) is 14.2. The highest BCUT2D eigenvalue weighted by atomic mass is 127. The molecule has 142 valence electrons. The van der Waals surface area contributed by atoms with Crippen LogP contribution in [-0.2, 0) is 17.9 Å². The second-order valence-corrected chi connectivity index (χ2v) is 6.01. The van der Waals surface area contributed by atoms with Crippen molar-refractivity contribution in [1.82, 2.24) is 10.6 Å². The molecule has 8 heteroatoms. The molecule has 4 nitrogen and oxygen atoms in total. The third-order valence-corrected chi connectivity index (χ3v) is 3.78. The molecule has 1 aromatic carbocycles. The van der Waals surface area contributed by atoms with Crippen LogP contribution in [0.2, 0.25) is 0 Å². The summed E-state index contributed by atoms with van der Waals surface area (Å²) in [5, 5.41) is 6.50. The van der Waals surface area contributed by atoms with E-state index in [9.17, 15) is 13.2 Å². The smallest absolute Gasteiger partial charge is 0.367 e. The third-order valence-electron chi connectivity index (χ3n) is 3.78. The van der Waals surface area contributed by atoms with E-state index in [-0.39, 0.29) is 30.6 Å². The molecule has 0 amide bonds. The number of aliphatic imine (C=N–C) groups is 1. The summed E-state index contributed by atoms with van der Waals surface area (Å²) in [7, 11) is 1.73. The molecule has 0 saturated heterocycles. The minimum Gasteiger partial charge on any atom is -0.367 e. The second-order valence-electron chi connectivity index (χ2n) is 6.01. The number of benzene rings is 1. The van der Waals surface area contributed by atoms with Gasteiger partial charge in [0.15, 0.2) is 5.96 Å². The molecule has 0 atom stereocenters. The van der Waals surface area contributed by atoms with E-state index in [1.165, 1.54) is 19.3 Å². The van der Waals surface area contributed by atoms with E-state index in [1.807, 2.05) is 12.1 Å². The van der Waals surface area contributed by atoms with Crippen LogP contribution in [0.4, 0.5) is 13.2 Å². The average Bonchev–Trinajstić information content (AvgIpc) is 3.35. The highest BCUT2D eigenvalue weighted by Gasteiger charge is 2.27. The van der Waals surface area contributed by atoms with Crippen molar-refractivity contribution in [3.05, 3.63) is 35.4 Å². The monoisotopic (exact) mass is 471 g/mol. The number of ether oxygens (including phenoxy) is 1. The summed E-state index contributed by atoms with van der Waals surface area (Å²) in [5.41, 5.74) is 1.75. The van der Waals surface area contributed by atoms with Crippen molar-refractivity contribution >= 4 is 29.9 Å². The topological polar surface area (TPSA) is 45.7 Å². The maximum atomic E-state index is 12.0. The van der Waals surface area contributed by atoms with Crippen LogP contribution < -0.4 is 10.6 Å². The van der Waals surface area contributed by atoms with E-state index in [0.29, 0.717) is 6.54 Å². The normalized spacial score (nSPS) is 14.8. The zero-order chi connectivity index (χ0) is 17.4. The number of alkyl halides is 3. The van der Waals surface area contributed by atoms with Gasteiger partial charge in [-0.3, -0.25) is 4.99 Å². The largest absolute Gasteiger partial charge is 0.411 e. The molecular formula is C17H25F3IN3O. The summed E-state index contributed by atoms with van der Waals surface area (Å²) in [6, 6.07) is 7.29. The van der Waals surface area contributed by atoms with Crippen LogP contribution in [0.15, 0.2) is 29.3 Å². The van der Waals surface area contributed by atoms with Crippen molar-refractivity contribution in [2.45, 2.75) is 38.6 Å². The van der Waals surface area contributed by atoms with Gasteiger partial charge in [0.25, 0.3) is 0 Å². The maximum Gasteiger partial charge on any atom is 0.411 e. The third kappa shape index (κ3) is 9.88. The van der Waals surface area contributed by atoms with E-state index >= 15 is 0 Å². The maximum absolute atomic E-state index is 12.0. The number of nitrogens with one attached hydrogen (secondary N) is 2. The molecule has 1 fully saturated rings. The van der Waals surface area contributed by atoms with Gasteiger partial charge in [-0.05, 0) is 23.5 Å². The Balaban J connectivity index is 0.00000312. The van der Waals surface area contributed by atoms with Gasteiger partial charge in [0.05, 0.1) is 6.61 Å². The first-order chi connectivity index (χ1) is 11.5. The summed E-state index contributed by atoms with van der Waals surface area (Å²) in [6.45, 7) is 0.253. The van der Waals surface area contributed by atoms with Crippen molar-refractivity contribution < 1.29 is 17.9 Å². The van der Waals surface area contributed by atoms with Crippen LogP contribution in [0.25, 0.3) is 0 Å². The first-order valence-corrected chi connectivity index (χ1v) is 8.13. The standard InChI is InChI=1S/C17H24F3N3O.HI/c1-21-16(22-9-8-13-2-3-13)23-10-14-4-6-15(7-5-14)11-24-12-17(18,19)20;/h4-7,13H,2-3,8-12H2,1H3,(H2,21,22,23);1H. The molecule has 0 bridgehead atoms. The molecule has 1 saturated carbocycles. The molecule has 1 aromatic rings. The molecule has 0 radical (unpaired) electrons. The van der Waals surface area contributed by atoms with E-state index in [1.54, 1.807) is 19.2 Å². The van der Waals surface area contributed by atoms with Crippen molar-refractivity contribution in [2.24, 2.45) is 10.9 Å². The molecule has 0 aromatic heterocycles. The number of halogens is 4. The van der Waals surface area contributed by atoms with Crippen LogP contribution in [0.3, 0.4) is 0 Å². The van der Waals surface area contributed by atoms with Crippen LogP contribution >= 0.6 is 24.0 Å². The van der Waals surface area contributed by atoms with Gasteiger partial charge in [0.1, 0.15) is 6.61 Å². The molecule has 1 aliphatic rings. The molecule has 0 spiro atoms. The van der Waals surface area contributed by atoms with Crippen LogP contribution in [0, 0.1) is 5.92 Å². The quantitative estimate of drug-likeness (QED) is 0.344. The van der Waals surface area contributed by atoms with Gasteiger partial charge in [-0.1, -0.05) is 37.1 Å². The van der Waals surface area contributed by atoms with E-state index < -0.39 is 12.8 Å². The Labute approximate surface area is 163 Å². The van der Waals surface area contributed by atoms with E-state index in [0.717, 1.165) is 29.5 Å². The van der Waals surface area contributed by atoms with Crippen molar-refractivity contribution in [3.8, 4) is 0 Å². The lowest BCUT2D eigenvalue weighted by Gasteiger charge is -2.12. The summed E-state index contributed by atoms with van der Waals surface area (Å²) < 4.78 is 40.7. The Hall–Kier alpha value is -1.03. The van der Waals surface area contributed by atoms with Crippen LogP contribution in [-0.4, -0.2) is 32.3 Å². The van der Waals surface area contributed by atoms with E-state index in [4.69, 9.17) is 0 Å². The predicted molar refractivity (Wildman–Crippen MR) is 103 cm³/mol. The lowest BCUT2D eigenvalue weighted by atomic mass is 10.1. The minimum atomic E-state index is -4.29. The van der Waals surface area contributed by atoms with Crippen molar-refractivity contribution in [2.75, 3.05) is 20.2 Å². The molecule has 25 heavy (non-hydrogen) atoms. The molecule has 0 unspecified atom stereocenters. The van der Waals surface area contributed by atoms with Gasteiger partial charge in [-0.15, -0.1) is 24.0 Å². The molecule has 2 rings (SSSR count). The van der Waals surface area contributed by atoms with Gasteiger partial charge in [-0.25, -0.2) is 0 Å². The fourth-order valence-corrected chi connectivity index (χ4v) is 2.25. The molecular weight excluding hydrogens is 446 g/mol. The van der Waals surface area contributed by atoms with Gasteiger partial charge in [0.2, 0.25) is 0 Å². The Morgan fingerprint density at radius 1 is 1.16 bits per heavy atom. The number of hydrogen-bond donors (Lipinski definition) is 2. The summed E-state index contributed by atoms with van der Waals surface area (Å²) in [6.07, 6.45) is -0.431. The Morgan fingerprint density at radius 3 is 2.36 bits per heavy atom. The minimum absolute atomic E-state index is 0. The highest BCUT2D eigenvalue weighted by Crippen LogP contribution is 2.31. The Bertz CT molecular complexity index is 531. The lowest BCUT2D eigenvalue weighted by Crippen LogP contribution is -2.37. The Morgan fingerprint density at radius 2 is 1.80 bits per heavy atom. The summed E-state index contributed by atoms with van der Waals surface area (Å²) in [4.78, 5) is 4.17. The number of hydrogen-bond acceptors (Lipinski definition) is 2. The molecule has 1 aliphatic carbocycles. The fourth-order valence-electron chi connectivity index (χ4n) is 2.25. The Kier molecular flexibility index (Phi) is 9.55. The molecule has 2 N–H and O–H groups in total. The van der Waals surface area contributed by atoms with Crippen molar-refractivity contribution in [1.29, 1.82) is 0 Å². The number of nitrogens with zero attached hydrogens (tertiary/aromatic N) is 1. The predicted octanol–water partition coefficient (Wildman–Crippen LogP) is 3.85. The number of rotatable bonds is 8. The van der Waals surface area contributed by atoms with Gasteiger partial charge < -0.3 is 15.4 Å². The first kappa shape index (κ1) is 22.0. The summed E-state index contributed by atoms with van der Waals surface area (Å²) in [5.74, 6) is 1.64. The molecule has 0 heterocycles. The second kappa shape index (κ2) is 10.8. The van der Waals surface area contributed by atoms with Gasteiger partial charge in [-0.2, -0.15) is 13.2 Å². The van der Waals surface area contributed by atoms with Crippen LogP contribution in [0.1, 0.15) is 30.4 Å². The van der Waals surface area contributed by atoms with Gasteiger partial charge in [0, 0.05) is 20.1 Å². The fraction of sp³-hybridized carbons (Fsp3) is 0.588. The van der Waals surface area contributed by atoms with Gasteiger partial charge >= 0.3 is 6.18 Å². The van der Waals surface area contributed by atoms with Crippen molar-refractivity contribution in [3.63, 3.8) is 0 Å². The summed E-state index contributed by atoms with van der Waals surface area (Å²) >= 11 is 0. The molecule has 0 aliphatic heterocycles. The SMILES string of the molecule is CN=C(NCCC1CC1)NCc1ccc(COCC(F)(F)F)cc1.I. The van der Waals surface area contributed by atoms with Crippen LogP contribution in [0.5, 0.6) is 0 Å². The first-order valence-electron chi connectivity index (χ1n) is 8.13. The number of guanidine groups is 1. The van der Waals surface area contributed by atoms with E-state index in [2.05, 4.69) is 20.4 Å².